The number of nitrogens with zero attached hydrogens (tertiary/aromatic N) is 1. The van der Waals surface area contributed by atoms with E-state index in [1.807, 2.05) is 0 Å². The van der Waals surface area contributed by atoms with Gasteiger partial charge >= 0.3 is 0 Å². The number of likely N-dealkylation sites (N-methyl/N-ethyl adjacent to an activating group) is 1. The molecule has 1 atom stereocenters. The molecule has 0 saturated heterocycles. The molecule has 0 aromatic heterocycles. The van der Waals surface area contributed by atoms with Crippen molar-refractivity contribution in [3.05, 3.63) is 35.9 Å². The molecule has 0 spiro atoms. The highest BCUT2D eigenvalue weighted by atomic mass is 15.1. The molecule has 16 heavy (non-hydrogen) atoms. The standard InChI is InChI=1S/C14H22N2/c1-16(10-13-5-3-2-4-6-13)11-14(15)9-12-7-8-12/h2-6,12,14H,7-11,15H2,1H3. The van der Waals surface area contributed by atoms with E-state index in [0.29, 0.717) is 6.04 Å². The zero-order valence-electron chi connectivity index (χ0n) is 10.1. The van der Waals surface area contributed by atoms with Crippen LogP contribution in [0.4, 0.5) is 0 Å². The average molecular weight is 218 g/mol. The van der Waals surface area contributed by atoms with Crippen LogP contribution < -0.4 is 5.73 Å². The van der Waals surface area contributed by atoms with Crippen molar-refractivity contribution in [2.45, 2.75) is 31.8 Å². The lowest BCUT2D eigenvalue weighted by molar-refractivity contribution is 0.293. The Morgan fingerprint density at radius 2 is 2.00 bits per heavy atom. The summed E-state index contributed by atoms with van der Waals surface area (Å²) in [6, 6.07) is 10.9. The molecule has 1 aliphatic rings. The van der Waals surface area contributed by atoms with Crippen LogP contribution in [0.2, 0.25) is 0 Å². The fourth-order valence-corrected chi connectivity index (χ4v) is 2.22. The van der Waals surface area contributed by atoms with Crippen molar-refractivity contribution in [2.75, 3.05) is 13.6 Å². The van der Waals surface area contributed by atoms with Crippen LogP contribution in [0.15, 0.2) is 30.3 Å². The Balaban J connectivity index is 1.72. The van der Waals surface area contributed by atoms with Gasteiger partial charge in [-0.25, -0.2) is 0 Å². The fraction of sp³-hybridized carbons (Fsp3) is 0.571. The molecule has 0 heterocycles. The first-order chi connectivity index (χ1) is 7.74. The molecule has 2 rings (SSSR count). The number of benzene rings is 1. The summed E-state index contributed by atoms with van der Waals surface area (Å²) in [6.07, 6.45) is 4.01. The van der Waals surface area contributed by atoms with Gasteiger partial charge in [0.15, 0.2) is 0 Å². The van der Waals surface area contributed by atoms with Crippen LogP contribution in [0.5, 0.6) is 0 Å². The largest absolute Gasteiger partial charge is 0.327 e. The first-order valence-corrected chi connectivity index (χ1v) is 6.22. The lowest BCUT2D eigenvalue weighted by Gasteiger charge is -2.21. The predicted octanol–water partition coefficient (Wildman–Crippen LogP) is 2.25. The lowest BCUT2D eigenvalue weighted by Crippen LogP contribution is -2.35. The summed E-state index contributed by atoms with van der Waals surface area (Å²) in [4.78, 5) is 2.32. The van der Waals surface area contributed by atoms with Crippen molar-refractivity contribution in [2.24, 2.45) is 11.7 Å². The monoisotopic (exact) mass is 218 g/mol. The minimum atomic E-state index is 0.348. The molecule has 2 heteroatoms. The third-order valence-corrected chi connectivity index (χ3v) is 3.17. The second-order valence-electron chi connectivity index (χ2n) is 5.12. The fourth-order valence-electron chi connectivity index (χ4n) is 2.22. The summed E-state index contributed by atoms with van der Waals surface area (Å²) < 4.78 is 0. The van der Waals surface area contributed by atoms with E-state index >= 15 is 0 Å². The Hall–Kier alpha value is -0.860. The molecule has 0 aliphatic heterocycles. The van der Waals surface area contributed by atoms with Gasteiger partial charge in [-0.15, -0.1) is 0 Å². The molecule has 1 unspecified atom stereocenters. The number of rotatable bonds is 6. The van der Waals surface area contributed by atoms with E-state index in [2.05, 4.69) is 42.3 Å². The zero-order chi connectivity index (χ0) is 11.4. The van der Waals surface area contributed by atoms with E-state index in [9.17, 15) is 0 Å². The van der Waals surface area contributed by atoms with Gasteiger partial charge in [-0.05, 0) is 24.9 Å². The van der Waals surface area contributed by atoms with E-state index in [1.54, 1.807) is 0 Å². The van der Waals surface area contributed by atoms with Crippen LogP contribution >= 0.6 is 0 Å². The molecule has 1 aliphatic carbocycles. The highest BCUT2D eigenvalue weighted by Gasteiger charge is 2.24. The van der Waals surface area contributed by atoms with Crippen LogP contribution in [0.3, 0.4) is 0 Å². The van der Waals surface area contributed by atoms with Gasteiger partial charge < -0.3 is 10.6 Å². The zero-order valence-corrected chi connectivity index (χ0v) is 10.1. The SMILES string of the molecule is CN(Cc1ccccc1)CC(N)CC1CC1. The summed E-state index contributed by atoms with van der Waals surface area (Å²) in [7, 11) is 2.15. The second kappa shape index (κ2) is 5.46. The van der Waals surface area contributed by atoms with Crippen molar-refractivity contribution in [3.8, 4) is 0 Å². The first-order valence-electron chi connectivity index (χ1n) is 6.22. The Bertz CT molecular complexity index is 306. The molecule has 88 valence electrons. The van der Waals surface area contributed by atoms with Crippen molar-refractivity contribution in [3.63, 3.8) is 0 Å². The normalized spacial score (nSPS) is 17.7. The maximum atomic E-state index is 6.13. The van der Waals surface area contributed by atoms with Crippen molar-refractivity contribution in [1.82, 2.24) is 4.90 Å². The van der Waals surface area contributed by atoms with Crippen LogP contribution in [0.1, 0.15) is 24.8 Å². The smallest absolute Gasteiger partial charge is 0.0231 e. The molecule has 0 radical (unpaired) electrons. The highest BCUT2D eigenvalue weighted by Crippen LogP contribution is 2.33. The van der Waals surface area contributed by atoms with E-state index in [4.69, 9.17) is 5.73 Å². The minimum Gasteiger partial charge on any atom is -0.327 e. The molecular formula is C14H22N2. The van der Waals surface area contributed by atoms with E-state index in [-0.39, 0.29) is 0 Å². The Kier molecular flexibility index (Phi) is 3.97. The number of hydrogen-bond acceptors (Lipinski definition) is 2. The summed E-state index contributed by atoms with van der Waals surface area (Å²) in [5.41, 5.74) is 7.49. The van der Waals surface area contributed by atoms with Gasteiger partial charge in [0.05, 0.1) is 0 Å². The van der Waals surface area contributed by atoms with Gasteiger partial charge in [0.25, 0.3) is 0 Å². The molecule has 0 bridgehead atoms. The van der Waals surface area contributed by atoms with Gasteiger partial charge in [-0.3, -0.25) is 0 Å². The van der Waals surface area contributed by atoms with E-state index < -0.39 is 0 Å². The van der Waals surface area contributed by atoms with Crippen LogP contribution in [-0.4, -0.2) is 24.5 Å². The van der Waals surface area contributed by atoms with Crippen molar-refractivity contribution >= 4 is 0 Å². The lowest BCUT2D eigenvalue weighted by atomic mass is 10.1. The molecule has 2 nitrogen and oxygen atoms in total. The Morgan fingerprint density at radius 1 is 1.31 bits per heavy atom. The van der Waals surface area contributed by atoms with Gasteiger partial charge in [0.1, 0.15) is 0 Å². The number of nitrogens with two attached hydrogens (primary N) is 1. The van der Waals surface area contributed by atoms with Gasteiger partial charge in [0.2, 0.25) is 0 Å². The molecule has 1 fully saturated rings. The molecule has 1 aromatic carbocycles. The highest BCUT2D eigenvalue weighted by molar-refractivity contribution is 5.14. The van der Waals surface area contributed by atoms with Crippen LogP contribution in [0, 0.1) is 5.92 Å². The number of hydrogen-bond donors (Lipinski definition) is 1. The van der Waals surface area contributed by atoms with E-state index in [1.165, 1.54) is 24.8 Å². The van der Waals surface area contributed by atoms with Gasteiger partial charge in [0, 0.05) is 19.1 Å². The minimum absolute atomic E-state index is 0.348. The Morgan fingerprint density at radius 3 is 2.62 bits per heavy atom. The molecule has 1 saturated carbocycles. The second-order valence-corrected chi connectivity index (χ2v) is 5.12. The van der Waals surface area contributed by atoms with Crippen LogP contribution in [0.25, 0.3) is 0 Å². The third-order valence-electron chi connectivity index (χ3n) is 3.17. The summed E-state index contributed by atoms with van der Waals surface area (Å²) in [5.74, 6) is 0.931. The third kappa shape index (κ3) is 3.95. The maximum Gasteiger partial charge on any atom is 0.0231 e. The molecule has 1 aromatic rings. The molecule has 0 amide bonds. The van der Waals surface area contributed by atoms with E-state index in [0.717, 1.165) is 19.0 Å². The van der Waals surface area contributed by atoms with Crippen molar-refractivity contribution < 1.29 is 0 Å². The van der Waals surface area contributed by atoms with Gasteiger partial charge in [-0.2, -0.15) is 0 Å². The predicted molar refractivity (Wildman–Crippen MR) is 68.1 cm³/mol. The van der Waals surface area contributed by atoms with Crippen LogP contribution in [-0.2, 0) is 6.54 Å². The molecule has 2 N–H and O–H groups in total. The summed E-state index contributed by atoms with van der Waals surface area (Å²) in [6.45, 7) is 2.00. The summed E-state index contributed by atoms with van der Waals surface area (Å²) >= 11 is 0. The quantitative estimate of drug-likeness (QED) is 0.793. The van der Waals surface area contributed by atoms with Crippen molar-refractivity contribution in [1.29, 1.82) is 0 Å². The average Bonchev–Trinajstić information content (AvgIpc) is 3.02. The Labute approximate surface area is 98.4 Å². The summed E-state index contributed by atoms with van der Waals surface area (Å²) in [5, 5.41) is 0. The first kappa shape index (κ1) is 11.6. The maximum absolute atomic E-state index is 6.13. The molecular weight excluding hydrogens is 196 g/mol. The topological polar surface area (TPSA) is 29.3 Å². The van der Waals surface area contributed by atoms with Gasteiger partial charge in [-0.1, -0.05) is 43.2 Å².